The Morgan fingerprint density at radius 3 is 2.16 bits per heavy atom. The average Bonchev–Trinajstić information content (AvgIpc) is 2.57. The van der Waals surface area contributed by atoms with Gasteiger partial charge >= 0.3 is 0 Å². The third kappa shape index (κ3) is 6.09. The van der Waals surface area contributed by atoms with Crippen molar-refractivity contribution >= 4 is 0 Å². The van der Waals surface area contributed by atoms with Crippen molar-refractivity contribution < 1.29 is 0 Å². The number of hydrogen-bond acceptors (Lipinski definition) is 3. The van der Waals surface area contributed by atoms with Crippen LogP contribution in [0.2, 0.25) is 0 Å². The Kier molecular flexibility index (Phi) is 7.48. The van der Waals surface area contributed by atoms with Gasteiger partial charge in [0.1, 0.15) is 0 Å². The lowest BCUT2D eigenvalue weighted by atomic mass is 9.79. The molecule has 1 aromatic rings. The minimum absolute atomic E-state index is 0.203. The van der Waals surface area contributed by atoms with E-state index in [1.54, 1.807) is 0 Å². The van der Waals surface area contributed by atoms with Gasteiger partial charge in [-0.3, -0.25) is 4.90 Å². The first-order chi connectivity index (χ1) is 11.8. The predicted octanol–water partition coefficient (Wildman–Crippen LogP) is 3.60. The summed E-state index contributed by atoms with van der Waals surface area (Å²) in [6.45, 7) is 17.7. The second-order valence-corrected chi connectivity index (χ2v) is 8.91. The normalized spacial score (nSPS) is 20.0. The molecule has 0 aromatic heterocycles. The molecule has 0 amide bonds. The summed E-state index contributed by atoms with van der Waals surface area (Å²) < 4.78 is 0. The van der Waals surface area contributed by atoms with Gasteiger partial charge in [-0.05, 0) is 37.3 Å². The van der Waals surface area contributed by atoms with E-state index >= 15 is 0 Å². The zero-order chi connectivity index (χ0) is 18.4. The average molecular weight is 346 g/mol. The highest BCUT2D eigenvalue weighted by Crippen LogP contribution is 2.28. The van der Waals surface area contributed by atoms with Gasteiger partial charge in [0.05, 0.1) is 0 Å². The highest BCUT2D eigenvalue weighted by atomic mass is 15.3. The number of benzene rings is 1. The van der Waals surface area contributed by atoms with Crippen molar-refractivity contribution in [2.24, 2.45) is 5.92 Å². The summed E-state index contributed by atoms with van der Waals surface area (Å²) in [5, 5.41) is 3.84. The number of nitrogens with one attached hydrogen (secondary N) is 1. The minimum atomic E-state index is 0.203. The van der Waals surface area contributed by atoms with E-state index < -0.39 is 0 Å². The quantitative estimate of drug-likeness (QED) is 0.776. The van der Waals surface area contributed by atoms with Gasteiger partial charge in [-0.25, -0.2) is 0 Å². The molecule has 0 aliphatic carbocycles. The molecule has 3 nitrogen and oxygen atoms in total. The Morgan fingerprint density at radius 1 is 1.00 bits per heavy atom. The smallest absolute Gasteiger partial charge is 0.0244 e. The Bertz CT molecular complexity index is 489. The van der Waals surface area contributed by atoms with Gasteiger partial charge in [0, 0.05) is 44.8 Å². The van der Waals surface area contributed by atoms with Crippen molar-refractivity contribution in [3.05, 3.63) is 35.9 Å². The van der Waals surface area contributed by atoms with Crippen molar-refractivity contribution in [1.29, 1.82) is 0 Å². The molecule has 2 unspecified atom stereocenters. The molecule has 1 aliphatic rings. The summed E-state index contributed by atoms with van der Waals surface area (Å²) in [5.74, 6) is 0.685. The Morgan fingerprint density at radius 2 is 1.60 bits per heavy atom. The molecule has 2 atom stereocenters. The lowest BCUT2D eigenvalue weighted by molar-refractivity contribution is 0.0857. The Hall–Kier alpha value is -0.900. The second kappa shape index (κ2) is 9.16. The molecule has 3 heteroatoms. The molecular formula is C22H39N3. The van der Waals surface area contributed by atoms with Gasteiger partial charge in [-0.15, -0.1) is 0 Å². The molecule has 1 fully saturated rings. The van der Waals surface area contributed by atoms with E-state index in [0.717, 1.165) is 13.0 Å². The van der Waals surface area contributed by atoms with E-state index in [0.29, 0.717) is 18.0 Å². The molecule has 0 radical (unpaired) electrons. The third-order valence-electron chi connectivity index (χ3n) is 5.82. The number of nitrogens with zero attached hydrogens (tertiary/aromatic N) is 2. The largest absolute Gasteiger partial charge is 0.313 e. The van der Waals surface area contributed by atoms with Crippen LogP contribution in [0.5, 0.6) is 0 Å². The fourth-order valence-corrected chi connectivity index (χ4v) is 4.11. The lowest BCUT2D eigenvalue weighted by Gasteiger charge is -2.40. The van der Waals surface area contributed by atoms with Crippen LogP contribution in [0.4, 0.5) is 0 Å². The van der Waals surface area contributed by atoms with Crippen LogP contribution in [0.1, 0.15) is 46.6 Å². The standard InChI is InChI=1S/C22H39N3/c1-18(2)21(25-14-12-24(6)13-15-25)17-23-19(3)16-22(4,5)20-10-8-7-9-11-20/h7-11,18-19,21,23H,12-17H2,1-6H3. The van der Waals surface area contributed by atoms with Crippen molar-refractivity contribution in [3.63, 3.8) is 0 Å². The van der Waals surface area contributed by atoms with Gasteiger partial charge in [-0.2, -0.15) is 0 Å². The maximum absolute atomic E-state index is 3.84. The second-order valence-electron chi connectivity index (χ2n) is 8.91. The summed E-state index contributed by atoms with van der Waals surface area (Å²) in [5.41, 5.74) is 1.64. The minimum Gasteiger partial charge on any atom is -0.313 e. The molecular weight excluding hydrogens is 306 g/mol. The Balaban J connectivity index is 1.87. The zero-order valence-corrected chi connectivity index (χ0v) is 17.3. The molecule has 1 N–H and O–H groups in total. The van der Waals surface area contributed by atoms with E-state index in [1.165, 1.54) is 31.7 Å². The van der Waals surface area contributed by atoms with E-state index in [4.69, 9.17) is 0 Å². The molecule has 142 valence electrons. The lowest BCUT2D eigenvalue weighted by Crippen LogP contribution is -2.54. The monoisotopic (exact) mass is 345 g/mol. The molecule has 0 spiro atoms. The SMILES string of the molecule is CC(CC(C)(C)c1ccccc1)NCC(C(C)C)N1CCN(C)CC1. The first-order valence-corrected chi connectivity index (χ1v) is 10.0. The highest BCUT2D eigenvalue weighted by Gasteiger charge is 2.27. The summed E-state index contributed by atoms with van der Waals surface area (Å²) in [6.07, 6.45) is 1.16. The number of likely N-dealkylation sites (N-methyl/N-ethyl adjacent to an activating group) is 1. The molecule has 2 rings (SSSR count). The number of hydrogen-bond donors (Lipinski definition) is 1. The van der Waals surface area contributed by atoms with E-state index in [-0.39, 0.29) is 5.41 Å². The summed E-state index contributed by atoms with van der Waals surface area (Å²) in [4.78, 5) is 5.12. The van der Waals surface area contributed by atoms with Crippen LogP contribution in [0.25, 0.3) is 0 Å². The molecule has 25 heavy (non-hydrogen) atoms. The molecule has 0 bridgehead atoms. The highest BCUT2D eigenvalue weighted by molar-refractivity contribution is 5.23. The van der Waals surface area contributed by atoms with Crippen molar-refractivity contribution in [2.75, 3.05) is 39.8 Å². The summed E-state index contributed by atoms with van der Waals surface area (Å²) >= 11 is 0. The molecule has 1 heterocycles. The van der Waals surface area contributed by atoms with Crippen LogP contribution in [0.15, 0.2) is 30.3 Å². The molecule has 0 saturated carbocycles. The fraction of sp³-hybridized carbons (Fsp3) is 0.727. The van der Waals surface area contributed by atoms with Crippen molar-refractivity contribution in [1.82, 2.24) is 15.1 Å². The maximum atomic E-state index is 3.84. The van der Waals surface area contributed by atoms with Crippen LogP contribution >= 0.6 is 0 Å². The zero-order valence-electron chi connectivity index (χ0n) is 17.3. The van der Waals surface area contributed by atoms with E-state index in [9.17, 15) is 0 Å². The fourth-order valence-electron chi connectivity index (χ4n) is 4.11. The van der Waals surface area contributed by atoms with Crippen molar-refractivity contribution in [3.8, 4) is 0 Å². The van der Waals surface area contributed by atoms with Gasteiger partial charge in [0.15, 0.2) is 0 Å². The van der Waals surface area contributed by atoms with E-state index in [1.807, 2.05) is 0 Å². The maximum Gasteiger partial charge on any atom is 0.0244 e. The van der Waals surface area contributed by atoms with Crippen LogP contribution in [0.3, 0.4) is 0 Å². The third-order valence-corrected chi connectivity index (χ3v) is 5.82. The topological polar surface area (TPSA) is 18.5 Å². The number of rotatable bonds is 8. The van der Waals surface area contributed by atoms with Crippen LogP contribution in [-0.2, 0) is 5.41 Å². The van der Waals surface area contributed by atoms with Crippen molar-refractivity contribution in [2.45, 2.75) is 58.5 Å². The molecule has 1 aromatic carbocycles. The predicted molar refractivity (Wildman–Crippen MR) is 109 cm³/mol. The summed E-state index contributed by atoms with van der Waals surface area (Å²) in [7, 11) is 2.23. The summed E-state index contributed by atoms with van der Waals surface area (Å²) in [6, 6.07) is 12.1. The first-order valence-electron chi connectivity index (χ1n) is 10.0. The Labute approximate surface area is 155 Å². The molecule has 1 aliphatic heterocycles. The van der Waals surface area contributed by atoms with Gasteiger partial charge in [0.25, 0.3) is 0 Å². The van der Waals surface area contributed by atoms with Crippen LogP contribution < -0.4 is 5.32 Å². The van der Waals surface area contributed by atoms with Gasteiger partial charge in [0.2, 0.25) is 0 Å². The van der Waals surface area contributed by atoms with Gasteiger partial charge < -0.3 is 10.2 Å². The van der Waals surface area contributed by atoms with Crippen LogP contribution in [-0.4, -0.2) is 61.7 Å². The number of piperazine rings is 1. The van der Waals surface area contributed by atoms with Crippen LogP contribution in [0, 0.1) is 5.92 Å². The first kappa shape index (κ1) is 20.4. The molecule has 1 saturated heterocycles. The van der Waals surface area contributed by atoms with E-state index in [2.05, 4.69) is 87.1 Å². The van der Waals surface area contributed by atoms with Gasteiger partial charge in [-0.1, -0.05) is 58.0 Å².